The van der Waals surface area contributed by atoms with Crippen LogP contribution in [0.4, 0.5) is 18.9 Å². The maximum Gasteiger partial charge on any atom is 0.534 e. The van der Waals surface area contributed by atoms with E-state index >= 15 is 0 Å². The first-order valence-electron chi connectivity index (χ1n) is 7.54. The van der Waals surface area contributed by atoms with Gasteiger partial charge >= 0.3 is 27.3 Å². The summed E-state index contributed by atoms with van der Waals surface area (Å²) in [5.41, 5.74) is -7.04. The van der Waals surface area contributed by atoms with Crippen molar-refractivity contribution in [1.29, 1.82) is 0 Å². The number of hydrogen-bond acceptors (Lipinski definition) is 8. The number of nitro groups is 1. The molecule has 0 N–H and O–H groups in total. The summed E-state index contributed by atoms with van der Waals surface area (Å²) in [5, 5.41) is 11.3. The number of carbonyl (C=O) groups is 1. The molecule has 0 atom stereocenters. The van der Waals surface area contributed by atoms with Crippen molar-refractivity contribution < 1.29 is 45.0 Å². The molecule has 156 valence electrons. The van der Waals surface area contributed by atoms with E-state index in [0.717, 1.165) is 13.2 Å². The molecule has 13 heteroatoms. The number of esters is 1. The van der Waals surface area contributed by atoms with Crippen LogP contribution in [0.2, 0.25) is 0 Å². The van der Waals surface area contributed by atoms with Gasteiger partial charge in [-0.2, -0.15) is 21.6 Å². The van der Waals surface area contributed by atoms with Crippen molar-refractivity contribution in [1.82, 2.24) is 0 Å². The maximum absolute atomic E-state index is 12.7. The summed E-state index contributed by atoms with van der Waals surface area (Å²) in [5.74, 6) is -3.16. The lowest BCUT2D eigenvalue weighted by Crippen LogP contribution is -2.28. The Hall–Kier alpha value is -3.35. The number of hydrogen-bond donors (Lipinski definition) is 0. The van der Waals surface area contributed by atoms with Crippen LogP contribution in [0.5, 0.6) is 11.5 Å². The van der Waals surface area contributed by atoms with Gasteiger partial charge in [-0.15, -0.1) is 0 Å². The molecule has 0 aliphatic rings. The van der Waals surface area contributed by atoms with Gasteiger partial charge in [0, 0.05) is 6.07 Å². The van der Waals surface area contributed by atoms with Crippen LogP contribution < -0.4 is 8.92 Å². The predicted molar refractivity (Wildman–Crippen MR) is 90.8 cm³/mol. The van der Waals surface area contributed by atoms with E-state index in [9.17, 15) is 36.5 Å². The molecule has 0 amide bonds. The lowest BCUT2D eigenvalue weighted by atomic mass is 10.1. The highest BCUT2D eigenvalue weighted by molar-refractivity contribution is 7.88. The van der Waals surface area contributed by atoms with Crippen LogP contribution >= 0.6 is 0 Å². The minimum absolute atomic E-state index is 0.314. The summed E-state index contributed by atoms with van der Waals surface area (Å²) in [4.78, 5) is 21.8. The molecule has 0 aliphatic carbocycles. The topological polar surface area (TPSA) is 122 Å². The molecule has 2 aromatic rings. The largest absolute Gasteiger partial charge is 0.534 e. The first-order valence-corrected chi connectivity index (χ1v) is 8.95. The van der Waals surface area contributed by atoms with Gasteiger partial charge in [-0.25, -0.2) is 4.79 Å². The molecule has 29 heavy (non-hydrogen) atoms. The van der Waals surface area contributed by atoms with Gasteiger partial charge in [0.2, 0.25) is 0 Å². The third kappa shape index (κ3) is 5.13. The van der Waals surface area contributed by atoms with Gasteiger partial charge in [-0.3, -0.25) is 10.1 Å². The highest BCUT2D eigenvalue weighted by Gasteiger charge is 2.50. The van der Waals surface area contributed by atoms with Gasteiger partial charge in [0.15, 0.2) is 5.75 Å². The fraction of sp³-hybridized carbons (Fsp3) is 0.188. The Labute approximate surface area is 161 Å². The second-order valence-electron chi connectivity index (χ2n) is 5.33. The summed E-state index contributed by atoms with van der Waals surface area (Å²) in [6, 6.07) is 9.37. The van der Waals surface area contributed by atoms with Gasteiger partial charge in [0.05, 0.1) is 17.6 Å². The van der Waals surface area contributed by atoms with Crippen molar-refractivity contribution in [2.45, 2.75) is 12.1 Å². The monoisotopic (exact) mass is 435 g/mol. The third-order valence-electron chi connectivity index (χ3n) is 3.37. The number of benzene rings is 2. The fourth-order valence-electron chi connectivity index (χ4n) is 2.04. The molecule has 0 aromatic heterocycles. The second kappa shape index (κ2) is 8.34. The molecule has 9 nitrogen and oxygen atoms in total. The van der Waals surface area contributed by atoms with E-state index in [4.69, 9.17) is 4.74 Å². The second-order valence-corrected chi connectivity index (χ2v) is 6.87. The molecule has 0 unspecified atom stereocenters. The van der Waals surface area contributed by atoms with Crippen LogP contribution in [0, 0.1) is 10.1 Å². The molecule has 0 saturated heterocycles. The van der Waals surface area contributed by atoms with Crippen molar-refractivity contribution in [3.05, 3.63) is 63.7 Å². The van der Waals surface area contributed by atoms with E-state index in [1.54, 1.807) is 30.3 Å². The summed E-state index contributed by atoms with van der Waals surface area (Å²) in [6.07, 6.45) is 0. The standard InChI is InChI=1S/C16H12F3NO8S/c1-26-15(21)11-7-12(20(22)23)14(28-29(24,25)16(17,18)19)13(8-11)27-9-10-5-3-2-4-6-10/h2-8H,9H2,1H3. The zero-order chi connectivity index (χ0) is 21.8. The number of halogens is 3. The van der Waals surface area contributed by atoms with Crippen LogP contribution in [0.3, 0.4) is 0 Å². The molecule has 0 aliphatic heterocycles. The molecule has 2 aromatic carbocycles. The number of nitro benzene ring substituents is 1. The van der Waals surface area contributed by atoms with Crippen molar-refractivity contribution in [2.75, 3.05) is 7.11 Å². The van der Waals surface area contributed by atoms with Crippen LogP contribution in [-0.4, -0.2) is 31.9 Å². The smallest absolute Gasteiger partial charge is 0.485 e. The molecule has 2 rings (SSSR count). The molecule has 0 heterocycles. The maximum atomic E-state index is 12.7. The molecular formula is C16H12F3NO8S. The highest BCUT2D eigenvalue weighted by Crippen LogP contribution is 2.42. The SMILES string of the molecule is COC(=O)c1cc(OCc2ccccc2)c(OS(=O)(=O)C(F)(F)F)c([N+](=O)[O-])c1. The summed E-state index contributed by atoms with van der Waals surface area (Å²) < 4.78 is 74.5. The van der Waals surface area contributed by atoms with E-state index in [2.05, 4.69) is 8.92 Å². The summed E-state index contributed by atoms with van der Waals surface area (Å²) in [6.45, 7) is -0.314. The van der Waals surface area contributed by atoms with Crippen LogP contribution in [0.1, 0.15) is 15.9 Å². The molecule has 0 radical (unpaired) electrons. The molecule has 0 bridgehead atoms. The lowest BCUT2D eigenvalue weighted by Gasteiger charge is -2.15. The zero-order valence-corrected chi connectivity index (χ0v) is 15.3. The third-order valence-corrected chi connectivity index (χ3v) is 4.32. The van der Waals surface area contributed by atoms with Gasteiger partial charge < -0.3 is 13.7 Å². The number of alkyl halides is 3. The van der Waals surface area contributed by atoms with Crippen molar-refractivity contribution in [3.8, 4) is 11.5 Å². The highest BCUT2D eigenvalue weighted by atomic mass is 32.2. The van der Waals surface area contributed by atoms with Gasteiger partial charge in [0.1, 0.15) is 6.61 Å². The number of rotatable bonds is 7. The summed E-state index contributed by atoms with van der Waals surface area (Å²) in [7, 11) is -5.28. The Balaban J connectivity index is 2.60. The van der Waals surface area contributed by atoms with E-state index in [-0.39, 0.29) is 6.61 Å². The quantitative estimate of drug-likeness (QED) is 0.214. The van der Waals surface area contributed by atoms with Crippen LogP contribution in [-0.2, 0) is 21.5 Å². The Bertz CT molecular complexity index is 1020. The van der Waals surface area contributed by atoms with Crippen molar-refractivity contribution >= 4 is 21.8 Å². The average Bonchev–Trinajstić information content (AvgIpc) is 2.65. The molecular weight excluding hydrogens is 423 g/mol. The van der Waals surface area contributed by atoms with E-state index in [1.807, 2.05) is 0 Å². The summed E-state index contributed by atoms with van der Waals surface area (Å²) >= 11 is 0. The Morgan fingerprint density at radius 3 is 2.31 bits per heavy atom. The van der Waals surface area contributed by atoms with Gasteiger partial charge in [0.25, 0.3) is 5.75 Å². The van der Waals surface area contributed by atoms with E-state index in [0.29, 0.717) is 11.6 Å². The first kappa shape index (κ1) is 21.9. The normalized spacial score (nSPS) is 11.6. The van der Waals surface area contributed by atoms with Crippen LogP contribution in [0.25, 0.3) is 0 Å². The van der Waals surface area contributed by atoms with Crippen molar-refractivity contribution in [2.24, 2.45) is 0 Å². The lowest BCUT2D eigenvalue weighted by molar-refractivity contribution is -0.385. The minimum atomic E-state index is -6.25. The number of ether oxygens (including phenoxy) is 2. The predicted octanol–water partition coefficient (Wildman–Crippen LogP) is 3.19. The van der Waals surface area contributed by atoms with Gasteiger partial charge in [-0.05, 0) is 11.6 Å². The van der Waals surface area contributed by atoms with E-state index in [1.165, 1.54) is 0 Å². The van der Waals surface area contributed by atoms with Gasteiger partial charge in [-0.1, -0.05) is 30.3 Å². The Morgan fingerprint density at radius 1 is 1.17 bits per heavy atom. The number of methoxy groups -OCH3 is 1. The van der Waals surface area contributed by atoms with E-state index < -0.39 is 49.3 Å². The minimum Gasteiger partial charge on any atom is -0.485 e. The molecule has 0 fully saturated rings. The fourth-order valence-corrected chi connectivity index (χ4v) is 2.52. The average molecular weight is 435 g/mol. The molecule has 0 saturated carbocycles. The Kier molecular flexibility index (Phi) is 6.31. The Morgan fingerprint density at radius 2 is 1.79 bits per heavy atom. The van der Waals surface area contributed by atoms with Crippen LogP contribution in [0.15, 0.2) is 42.5 Å². The number of nitrogens with zero attached hydrogens (tertiary/aromatic N) is 1. The van der Waals surface area contributed by atoms with Crippen molar-refractivity contribution in [3.63, 3.8) is 0 Å². The molecule has 0 spiro atoms. The first-order chi connectivity index (χ1) is 13.5. The number of carbonyl (C=O) groups excluding carboxylic acids is 1. The zero-order valence-electron chi connectivity index (χ0n) is 14.5.